The van der Waals surface area contributed by atoms with Crippen molar-refractivity contribution in [1.82, 2.24) is 9.80 Å². The molecule has 0 N–H and O–H groups in total. The van der Waals surface area contributed by atoms with Gasteiger partial charge in [0.05, 0.1) is 5.60 Å². The zero-order valence-corrected chi connectivity index (χ0v) is 15.5. The normalized spacial score (nSPS) is 17.7. The van der Waals surface area contributed by atoms with Crippen LogP contribution in [0.25, 0.3) is 0 Å². The number of hydrogen-bond acceptors (Lipinski definition) is 4. The van der Waals surface area contributed by atoms with Crippen molar-refractivity contribution in [2.75, 3.05) is 33.3 Å². The molecule has 2 amide bonds. The molecule has 0 bridgehead atoms. The predicted octanol–water partition coefficient (Wildman–Crippen LogP) is 2.66. The molecule has 0 unspecified atom stereocenters. The molecule has 1 saturated heterocycles. The first-order chi connectivity index (χ1) is 10.6. The fourth-order valence-electron chi connectivity index (χ4n) is 2.52. The number of likely N-dealkylation sites (tertiary alicyclic amines) is 1. The van der Waals surface area contributed by atoms with Gasteiger partial charge in [0.15, 0.2) is 0 Å². The summed E-state index contributed by atoms with van der Waals surface area (Å²) in [5.74, 6) is -0.00473. The van der Waals surface area contributed by atoms with Crippen LogP contribution in [-0.2, 0) is 14.3 Å². The zero-order chi connectivity index (χ0) is 17.7. The summed E-state index contributed by atoms with van der Waals surface area (Å²) in [5, 5.41) is 0. The lowest BCUT2D eigenvalue weighted by molar-refractivity contribution is -0.146. The lowest BCUT2D eigenvalue weighted by Crippen LogP contribution is -2.50. The third kappa shape index (κ3) is 6.01. The SMILES string of the molecule is CCN(C)C(=O)COC1(CC)CCN(C(=O)OC(C)(C)C)CC1. The Labute approximate surface area is 140 Å². The third-order valence-corrected chi connectivity index (χ3v) is 4.37. The van der Waals surface area contributed by atoms with Crippen molar-refractivity contribution >= 4 is 12.0 Å². The summed E-state index contributed by atoms with van der Waals surface area (Å²) in [6.45, 7) is 11.6. The van der Waals surface area contributed by atoms with Crippen LogP contribution in [0.3, 0.4) is 0 Å². The summed E-state index contributed by atoms with van der Waals surface area (Å²) in [6.07, 6.45) is 2.01. The topological polar surface area (TPSA) is 59.1 Å². The van der Waals surface area contributed by atoms with Crippen LogP contribution >= 0.6 is 0 Å². The molecule has 0 aromatic carbocycles. The fourth-order valence-corrected chi connectivity index (χ4v) is 2.52. The Balaban J connectivity index is 2.53. The molecule has 0 aromatic heterocycles. The molecule has 1 aliphatic rings. The summed E-state index contributed by atoms with van der Waals surface area (Å²) >= 11 is 0. The van der Waals surface area contributed by atoms with Crippen LogP contribution < -0.4 is 0 Å². The molecule has 0 radical (unpaired) electrons. The Bertz CT molecular complexity index is 409. The van der Waals surface area contributed by atoms with Gasteiger partial charge in [-0.15, -0.1) is 0 Å². The first-order valence-electron chi connectivity index (χ1n) is 8.48. The van der Waals surface area contributed by atoms with E-state index in [-0.39, 0.29) is 24.2 Å². The highest BCUT2D eigenvalue weighted by Gasteiger charge is 2.37. The van der Waals surface area contributed by atoms with Crippen molar-refractivity contribution in [1.29, 1.82) is 0 Å². The van der Waals surface area contributed by atoms with E-state index < -0.39 is 5.60 Å². The second-order valence-corrected chi connectivity index (χ2v) is 7.20. The Morgan fingerprint density at radius 3 is 2.17 bits per heavy atom. The maximum Gasteiger partial charge on any atom is 0.410 e. The van der Waals surface area contributed by atoms with E-state index in [0.29, 0.717) is 19.6 Å². The molecule has 1 aliphatic heterocycles. The summed E-state index contributed by atoms with van der Waals surface area (Å²) in [7, 11) is 1.77. The van der Waals surface area contributed by atoms with Crippen molar-refractivity contribution in [3.8, 4) is 0 Å². The van der Waals surface area contributed by atoms with Crippen LogP contribution in [0.2, 0.25) is 0 Å². The van der Waals surface area contributed by atoms with Gasteiger partial charge in [0.25, 0.3) is 0 Å². The van der Waals surface area contributed by atoms with Crippen LogP contribution in [0.4, 0.5) is 4.79 Å². The number of likely N-dealkylation sites (N-methyl/N-ethyl adjacent to an activating group) is 1. The van der Waals surface area contributed by atoms with Gasteiger partial charge in [0.1, 0.15) is 12.2 Å². The van der Waals surface area contributed by atoms with Gasteiger partial charge in [-0.05, 0) is 47.0 Å². The van der Waals surface area contributed by atoms with Crippen molar-refractivity contribution in [3.63, 3.8) is 0 Å². The maximum atomic E-state index is 12.1. The van der Waals surface area contributed by atoms with Crippen molar-refractivity contribution in [2.24, 2.45) is 0 Å². The highest BCUT2D eigenvalue weighted by atomic mass is 16.6. The molecule has 23 heavy (non-hydrogen) atoms. The van der Waals surface area contributed by atoms with Crippen LogP contribution in [0, 0.1) is 0 Å². The monoisotopic (exact) mass is 328 g/mol. The molecule has 0 saturated carbocycles. The van der Waals surface area contributed by atoms with E-state index in [1.54, 1.807) is 16.8 Å². The maximum absolute atomic E-state index is 12.1. The van der Waals surface area contributed by atoms with Crippen molar-refractivity contribution in [2.45, 2.75) is 65.1 Å². The molecule has 0 atom stereocenters. The Hall–Kier alpha value is -1.30. The average Bonchev–Trinajstić information content (AvgIpc) is 2.50. The molecular weight excluding hydrogens is 296 g/mol. The number of hydrogen-bond donors (Lipinski definition) is 0. The second-order valence-electron chi connectivity index (χ2n) is 7.20. The van der Waals surface area contributed by atoms with Gasteiger partial charge in [-0.1, -0.05) is 6.92 Å². The number of carbonyl (C=O) groups excluding carboxylic acids is 2. The molecular formula is C17H32N2O4. The lowest BCUT2D eigenvalue weighted by Gasteiger charge is -2.41. The Morgan fingerprint density at radius 2 is 1.74 bits per heavy atom. The molecule has 1 rings (SSSR count). The van der Waals surface area contributed by atoms with E-state index in [0.717, 1.165) is 19.3 Å². The predicted molar refractivity (Wildman–Crippen MR) is 89.3 cm³/mol. The zero-order valence-electron chi connectivity index (χ0n) is 15.5. The van der Waals surface area contributed by atoms with Gasteiger partial charge in [0.2, 0.25) is 5.91 Å². The van der Waals surface area contributed by atoms with Gasteiger partial charge >= 0.3 is 6.09 Å². The van der Waals surface area contributed by atoms with Crippen LogP contribution in [0.15, 0.2) is 0 Å². The number of piperidine rings is 1. The van der Waals surface area contributed by atoms with E-state index >= 15 is 0 Å². The van der Waals surface area contributed by atoms with Crippen molar-refractivity contribution in [3.05, 3.63) is 0 Å². The first-order valence-corrected chi connectivity index (χ1v) is 8.48. The summed E-state index contributed by atoms with van der Waals surface area (Å²) in [5.41, 5.74) is -0.799. The summed E-state index contributed by atoms with van der Waals surface area (Å²) in [4.78, 5) is 27.4. The van der Waals surface area contributed by atoms with Crippen molar-refractivity contribution < 1.29 is 19.1 Å². The van der Waals surface area contributed by atoms with Crippen LogP contribution in [-0.4, -0.2) is 66.3 Å². The highest BCUT2D eigenvalue weighted by Crippen LogP contribution is 2.30. The number of amides is 2. The molecule has 134 valence electrons. The molecule has 0 spiro atoms. The average molecular weight is 328 g/mol. The van der Waals surface area contributed by atoms with Gasteiger partial charge in [-0.2, -0.15) is 0 Å². The fraction of sp³-hybridized carbons (Fsp3) is 0.882. The largest absolute Gasteiger partial charge is 0.444 e. The lowest BCUT2D eigenvalue weighted by atomic mass is 9.88. The van der Waals surface area contributed by atoms with Crippen LogP contribution in [0.5, 0.6) is 0 Å². The number of ether oxygens (including phenoxy) is 2. The number of nitrogens with zero attached hydrogens (tertiary/aromatic N) is 2. The minimum Gasteiger partial charge on any atom is -0.444 e. The first kappa shape index (κ1) is 19.7. The molecule has 6 heteroatoms. The number of rotatable bonds is 5. The van der Waals surface area contributed by atoms with E-state index in [4.69, 9.17) is 9.47 Å². The highest BCUT2D eigenvalue weighted by molar-refractivity contribution is 5.77. The van der Waals surface area contributed by atoms with Gasteiger partial charge in [-0.25, -0.2) is 4.79 Å². The summed E-state index contributed by atoms with van der Waals surface area (Å²) < 4.78 is 11.4. The third-order valence-electron chi connectivity index (χ3n) is 4.37. The standard InChI is InChI=1S/C17H32N2O4/c1-7-17(22-13-14(20)18(6)8-2)9-11-19(12-10-17)15(21)23-16(3,4)5/h7-13H2,1-6H3. The minimum absolute atomic E-state index is 0.00473. The smallest absolute Gasteiger partial charge is 0.410 e. The number of carbonyl (C=O) groups is 2. The van der Waals surface area contributed by atoms with Crippen LogP contribution in [0.1, 0.15) is 53.9 Å². The molecule has 6 nitrogen and oxygen atoms in total. The van der Waals surface area contributed by atoms with E-state index in [9.17, 15) is 9.59 Å². The van der Waals surface area contributed by atoms with Gasteiger partial charge in [-0.3, -0.25) is 4.79 Å². The quantitative estimate of drug-likeness (QED) is 0.778. The summed E-state index contributed by atoms with van der Waals surface area (Å²) in [6, 6.07) is 0. The second kappa shape index (κ2) is 7.99. The molecule has 1 heterocycles. The Morgan fingerprint density at radius 1 is 1.17 bits per heavy atom. The van der Waals surface area contributed by atoms with E-state index in [1.807, 2.05) is 27.7 Å². The van der Waals surface area contributed by atoms with Gasteiger partial charge < -0.3 is 19.3 Å². The van der Waals surface area contributed by atoms with E-state index in [1.165, 1.54) is 0 Å². The van der Waals surface area contributed by atoms with Gasteiger partial charge in [0, 0.05) is 26.7 Å². The molecule has 1 fully saturated rings. The Kier molecular flexibility index (Phi) is 6.86. The van der Waals surface area contributed by atoms with E-state index in [2.05, 4.69) is 6.92 Å². The molecule has 0 aliphatic carbocycles. The minimum atomic E-state index is -0.482. The molecule has 0 aromatic rings.